The van der Waals surface area contributed by atoms with E-state index in [1.165, 1.54) is 6.07 Å². The second-order valence-corrected chi connectivity index (χ2v) is 4.66. The lowest BCUT2D eigenvalue weighted by atomic mass is 10.1. The number of nitrogens with one attached hydrogen (secondary N) is 1. The summed E-state index contributed by atoms with van der Waals surface area (Å²) in [4.78, 5) is 6.33. The van der Waals surface area contributed by atoms with Gasteiger partial charge in [0.25, 0.3) is 0 Å². The fraction of sp³-hybridized carbons (Fsp3) is 0.357. The Bertz CT molecular complexity index is 576. The minimum Gasteiger partial charge on any atom is -0.449 e. The minimum absolute atomic E-state index is 0.189. The molecule has 0 aliphatic carbocycles. The van der Waals surface area contributed by atoms with Gasteiger partial charge in [-0.05, 0) is 18.2 Å². The molecule has 1 aromatic carbocycles. The molecule has 0 spiro atoms. The number of anilines is 1. The van der Waals surface area contributed by atoms with Gasteiger partial charge >= 0.3 is 0 Å². The van der Waals surface area contributed by atoms with Crippen LogP contribution in [0.3, 0.4) is 0 Å². The number of benzene rings is 1. The van der Waals surface area contributed by atoms with Crippen molar-refractivity contribution in [3.8, 4) is 11.3 Å². The Morgan fingerprint density at radius 1 is 1.32 bits per heavy atom. The molecule has 1 aromatic heterocycles. The summed E-state index contributed by atoms with van der Waals surface area (Å²) in [5.41, 5.74) is 2.26. The molecular formula is C14H16FN3O. The van der Waals surface area contributed by atoms with E-state index >= 15 is 0 Å². The lowest BCUT2D eigenvalue weighted by Crippen LogP contribution is -2.43. The molecule has 4 nitrogen and oxygen atoms in total. The predicted molar refractivity (Wildman–Crippen MR) is 71.7 cm³/mol. The maximum Gasteiger partial charge on any atom is 0.191 e. The first kappa shape index (κ1) is 12.2. The summed E-state index contributed by atoms with van der Waals surface area (Å²) in [5.74, 6) is 0.425. The third-order valence-corrected chi connectivity index (χ3v) is 3.32. The molecule has 1 saturated heterocycles. The van der Waals surface area contributed by atoms with E-state index in [0.29, 0.717) is 11.6 Å². The first-order valence-corrected chi connectivity index (χ1v) is 6.42. The largest absolute Gasteiger partial charge is 0.449 e. The van der Waals surface area contributed by atoms with Gasteiger partial charge in [-0.15, -0.1) is 0 Å². The number of piperazine rings is 1. The number of halogens is 1. The van der Waals surface area contributed by atoms with E-state index in [9.17, 15) is 4.39 Å². The average molecular weight is 261 g/mol. The van der Waals surface area contributed by atoms with Crippen LogP contribution in [0, 0.1) is 12.7 Å². The van der Waals surface area contributed by atoms with Gasteiger partial charge in [-0.1, -0.05) is 0 Å². The van der Waals surface area contributed by atoms with Crippen LogP contribution in [0.5, 0.6) is 0 Å². The van der Waals surface area contributed by atoms with E-state index in [-0.39, 0.29) is 5.82 Å². The van der Waals surface area contributed by atoms with E-state index in [4.69, 9.17) is 4.42 Å². The highest BCUT2D eigenvalue weighted by atomic mass is 19.1. The summed E-state index contributed by atoms with van der Waals surface area (Å²) in [5, 5.41) is 3.26. The van der Waals surface area contributed by atoms with Crippen molar-refractivity contribution >= 4 is 5.69 Å². The number of aryl methyl sites for hydroxylation is 1. The molecule has 100 valence electrons. The van der Waals surface area contributed by atoms with Crippen molar-refractivity contribution in [1.82, 2.24) is 10.3 Å². The van der Waals surface area contributed by atoms with E-state index in [1.807, 2.05) is 6.07 Å². The third-order valence-electron chi connectivity index (χ3n) is 3.32. The summed E-state index contributed by atoms with van der Waals surface area (Å²) in [6.45, 7) is 5.19. The number of nitrogens with zero attached hydrogens (tertiary/aromatic N) is 2. The Morgan fingerprint density at radius 3 is 2.79 bits per heavy atom. The van der Waals surface area contributed by atoms with Gasteiger partial charge in [-0.3, -0.25) is 0 Å². The Balaban J connectivity index is 1.95. The number of hydrogen-bond acceptors (Lipinski definition) is 4. The molecule has 0 bridgehead atoms. The molecule has 1 aliphatic heterocycles. The zero-order chi connectivity index (χ0) is 13.2. The molecule has 19 heavy (non-hydrogen) atoms. The smallest absolute Gasteiger partial charge is 0.191 e. The van der Waals surface area contributed by atoms with E-state index in [0.717, 1.165) is 37.4 Å². The number of aromatic nitrogens is 1. The fourth-order valence-corrected chi connectivity index (χ4v) is 2.32. The monoisotopic (exact) mass is 261 g/mol. The normalized spacial score (nSPS) is 15.8. The van der Waals surface area contributed by atoms with Gasteiger partial charge in [0.05, 0.1) is 5.69 Å². The van der Waals surface area contributed by atoms with Gasteiger partial charge in [0, 0.05) is 38.7 Å². The summed E-state index contributed by atoms with van der Waals surface area (Å²) in [6.07, 6.45) is 1.60. The van der Waals surface area contributed by atoms with Crippen LogP contribution in [-0.4, -0.2) is 31.2 Å². The topological polar surface area (TPSA) is 41.3 Å². The van der Waals surface area contributed by atoms with Crippen molar-refractivity contribution in [1.29, 1.82) is 0 Å². The van der Waals surface area contributed by atoms with Gasteiger partial charge in [-0.2, -0.15) is 0 Å². The zero-order valence-corrected chi connectivity index (χ0v) is 10.8. The van der Waals surface area contributed by atoms with Crippen LogP contribution in [0.2, 0.25) is 0 Å². The van der Waals surface area contributed by atoms with Crippen LogP contribution < -0.4 is 10.2 Å². The van der Waals surface area contributed by atoms with Crippen LogP contribution in [0.25, 0.3) is 11.3 Å². The number of hydrogen-bond donors (Lipinski definition) is 1. The molecule has 2 aromatic rings. The Hall–Kier alpha value is -1.88. The second kappa shape index (κ2) is 5.01. The molecule has 5 heteroatoms. The molecule has 0 saturated carbocycles. The SMILES string of the molecule is Cc1nc(-c2ccc(F)c(N3CCNCC3)c2)co1. The Kier molecular flexibility index (Phi) is 3.21. The van der Waals surface area contributed by atoms with Crippen LogP contribution in [0.1, 0.15) is 5.89 Å². The van der Waals surface area contributed by atoms with E-state index in [2.05, 4.69) is 15.2 Å². The van der Waals surface area contributed by atoms with Crippen molar-refractivity contribution in [2.75, 3.05) is 31.1 Å². The van der Waals surface area contributed by atoms with Crippen LogP contribution >= 0.6 is 0 Å². The quantitative estimate of drug-likeness (QED) is 0.899. The van der Waals surface area contributed by atoms with Gasteiger partial charge in [-0.25, -0.2) is 9.37 Å². The number of rotatable bonds is 2. The molecule has 1 fully saturated rings. The Morgan fingerprint density at radius 2 is 2.11 bits per heavy atom. The molecule has 1 aliphatic rings. The summed E-state index contributed by atoms with van der Waals surface area (Å²) in [7, 11) is 0. The fourth-order valence-electron chi connectivity index (χ4n) is 2.32. The zero-order valence-electron chi connectivity index (χ0n) is 10.8. The molecule has 0 unspecified atom stereocenters. The van der Waals surface area contributed by atoms with Crippen molar-refractivity contribution in [3.63, 3.8) is 0 Å². The summed E-state index contributed by atoms with van der Waals surface area (Å²) >= 11 is 0. The third kappa shape index (κ3) is 2.46. The molecule has 3 rings (SSSR count). The van der Waals surface area contributed by atoms with E-state index < -0.39 is 0 Å². The van der Waals surface area contributed by atoms with Gasteiger partial charge in [0.2, 0.25) is 0 Å². The van der Waals surface area contributed by atoms with Gasteiger partial charge < -0.3 is 14.6 Å². The van der Waals surface area contributed by atoms with E-state index in [1.54, 1.807) is 19.3 Å². The summed E-state index contributed by atoms with van der Waals surface area (Å²) in [6, 6.07) is 5.08. The highest BCUT2D eigenvalue weighted by molar-refractivity contribution is 5.65. The second-order valence-electron chi connectivity index (χ2n) is 4.66. The average Bonchev–Trinajstić information content (AvgIpc) is 2.87. The molecule has 0 atom stereocenters. The standard InChI is InChI=1S/C14H16FN3O/c1-10-17-13(9-19-10)11-2-3-12(15)14(8-11)18-6-4-16-5-7-18/h2-3,8-9,16H,4-7H2,1H3. The van der Waals surface area contributed by atoms with Gasteiger partial charge in [0.15, 0.2) is 5.89 Å². The highest BCUT2D eigenvalue weighted by Gasteiger charge is 2.16. The van der Waals surface area contributed by atoms with Gasteiger partial charge in [0.1, 0.15) is 17.8 Å². The van der Waals surface area contributed by atoms with Crippen LogP contribution in [-0.2, 0) is 0 Å². The van der Waals surface area contributed by atoms with Crippen molar-refractivity contribution in [2.45, 2.75) is 6.92 Å². The van der Waals surface area contributed by atoms with Crippen molar-refractivity contribution in [3.05, 3.63) is 36.2 Å². The van der Waals surface area contributed by atoms with Crippen molar-refractivity contribution in [2.24, 2.45) is 0 Å². The first-order valence-electron chi connectivity index (χ1n) is 6.42. The molecule has 1 N–H and O–H groups in total. The first-order chi connectivity index (χ1) is 9.24. The maximum absolute atomic E-state index is 14.0. The minimum atomic E-state index is -0.189. The number of oxazole rings is 1. The lowest BCUT2D eigenvalue weighted by molar-refractivity contribution is 0.521. The Labute approximate surface area is 111 Å². The summed E-state index contributed by atoms with van der Waals surface area (Å²) < 4.78 is 19.2. The predicted octanol–water partition coefficient (Wildman–Crippen LogP) is 2.20. The molecule has 0 amide bonds. The van der Waals surface area contributed by atoms with Crippen LogP contribution in [0.4, 0.5) is 10.1 Å². The lowest BCUT2D eigenvalue weighted by Gasteiger charge is -2.29. The maximum atomic E-state index is 14.0. The molecule has 2 heterocycles. The van der Waals surface area contributed by atoms with Crippen LogP contribution in [0.15, 0.2) is 28.9 Å². The van der Waals surface area contributed by atoms with Crippen molar-refractivity contribution < 1.29 is 8.81 Å². The molecular weight excluding hydrogens is 245 g/mol. The molecule has 0 radical (unpaired) electrons. The highest BCUT2D eigenvalue weighted by Crippen LogP contribution is 2.27.